The van der Waals surface area contributed by atoms with E-state index in [0.717, 1.165) is 19.3 Å². The molecule has 2 rings (SSSR count). The Balaban J connectivity index is 0.000000313. The van der Waals surface area contributed by atoms with Crippen molar-refractivity contribution < 1.29 is 17.6 Å². The van der Waals surface area contributed by atoms with Crippen molar-refractivity contribution >= 4 is 10.1 Å². The average Bonchev–Trinajstić information content (AvgIpc) is 2.57. The van der Waals surface area contributed by atoms with E-state index in [4.69, 9.17) is 0 Å². The maximum absolute atomic E-state index is 11.5. The summed E-state index contributed by atoms with van der Waals surface area (Å²) in [4.78, 5) is 4.77. The Hall–Kier alpha value is -1.69. The highest BCUT2D eigenvalue weighted by molar-refractivity contribution is 7.86. The van der Waals surface area contributed by atoms with Gasteiger partial charge in [0.05, 0.1) is 11.5 Å². The zero-order chi connectivity index (χ0) is 17.0. The van der Waals surface area contributed by atoms with E-state index in [0.29, 0.717) is 6.61 Å². The van der Waals surface area contributed by atoms with E-state index in [-0.39, 0.29) is 4.90 Å². The van der Waals surface area contributed by atoms with Crippen molar-refractivity contribution in [3.05, 3.63) is 66.2 Å². The molecule has 2 aromatic carbocycles. The van der Waals surface area contributed by atoms with Crippen molar-refractivity contribution in [2.75, 3.05) is 6.61 Å². The van der Waals surface area contributed by atoms with E-state index < -0.39 is 10.1 Å². The number of benzene rings is 2. The van der Waals surface area contributed by atoms with Gasteiger partial charge in [-0.1, -0.05) is 73.9 Å². The normalized spacial score (nSPS) is 10.7. The molecular weight excluding hydrogens is 312 g/mol. The lowest BCUT2D eigenvalue weighted by Crippen LogP contribution is -2.07. The van der Waals surface area contributed by atoms with Gasteiger partial charge in [0.2, 0.25) is 0 Å². The van der Waals surface area contributed by atoms with Gasteiger partial charge in [-0.3, -0.25) is 0 Å². The molecule has 0 aliphatic rings. The maximum atomic E-state index is 11.5. The van der Waals surface area contributed by atoms with E-state index in [1.54, 1.807) is 18.2 Å². The molecule has 0 fully saturated rings. The smallest absolute Gasteiger partial charge is 0.220 e. The van der Waals surface area contributed by atoms with Gasteiger partial charge in [0.25, 0.3) is 0 Å². The molecule has 0 heterocycles. The molecule has 0 unspecified atom stereocenters. The number of aryl methyl sites for hydroxylation is 1. The Morgan fingerprint density at radius 1 is 0.870 bits per heavy atom. The lowest BCUT2D eigenvalue weighted by atomic mass is 10.2. The summed E-state index contributed by atoms with van der Waals surface area (Å²) >= 11 is 0. The van der Waals surface area contributed by atoms with Gasteiger partial charge >= 0.3 is 10.1 Å². The maximum Gasteiger partial charge on any atom is 0.323 e. The molecule has 0 aliphatic carbocycles. The number of unbranched alkanes of at least 4 members (excludes halogenated alkanes) is 2. The molecule has 0 atom stereocenters. The standard InChI is InChI=1S/C11H16O4S.C7H8/c1-2-3-7-10-14-15-16(12,13)11-8-5-4-6-9-11;1-7-5-3-2-4-6-7/h4-6,8-9H,2-3,7,10H2,1H3;2-6H,1H3. The first-order valence-electron chi connectivity index (χ1n) is 7.69. The van der Waals surface area contributed by atoms with Crippen molar-refractivity contribution in [3.63, 3.8) is 0 Å². The van der Waals surface area contributed by atoms with Gasteiger partial charge in [0, 0.05) is 0 Å². The summed E-state index contributed by atoms with van der Waals surface area (Å²) in [6.45, 7) is 4.43. The second-order valence-corrected chi connectivity index (χ2v) is 6.53. The van der Waals surface area contributed by atoms with Crippen LogP contribution in [0, 0.1) is 6.92 Å². The van der Waals surface area contributed by atoms with Crippen molar-refractivity contribution in [2.24, 2.45) is 0 Å². The summed E-state index contributed by atoms with van der Waals surface area (Å²) < 4.78 is 27.5. The Morgan fingerprint density at radius 3 is 1.91 bits per heavy atom. The molecule has 4 nitrogen and oxygen atoms in total. The lowest BCUT2D eigenvalue weighted by molar-refractivity contribution is -0.202. The van der Waals surface area contributed by atoms with Crippen LogP contribution < -0.4 is 0 Å². The van der Waals surface area contributed by atoms with Crippen molar-refractivity contribution in [3.8, 4) is 0 Å². The largest absolute Gasteiger partial charge is 0.323 e. The van der Waals surface area contributed by atoms with E-state index in [1.165, 1.54) is 17.7 Å². The minimum Gasteiger partial charge on any atom is -0.220 e. The van der Waals surface area contributed by atoms with Crippen LogP contribution in [0.15, 0.2) is 65.6 Å². The van der Waals surface area contributed by atoms with Crippen LogP contribution in [-0.2, 0) is 19.3 Å². The Labute approximate surface area is 139 Å². The molecule has 0 aliphatic heterocycles. The summed E-state index contributed by atoms with van der Waals surface area (Å²) in [5.74, 6) is 0. The Kier molecular flexibility index (Phi) is 9.21. The molecule has 0 saturated carbocycles. The molecule has 2 aromatic rings. The second-order valence-electron chi connectivity index (χ2n) is 5.02. The van der Waals surface area contributed by atoms with Crippen LogP contribution in [0.3, 0.4) is 0 Å². The highest BCUT2D eigenvalue weighted by atomic mass is 32.2. The summed E-state index contributed by atoms with van der Waals surface area (Å²) in [5, 5.41) is 0. The topological polar surface area (TPSA) is 52.6 Å². The van der Waals surface area contributed by atoms with Gasteiger partial charge in [-0.2, -0.15) is 8.42 Å². The summed E-state index contributed by atoms with van der Waals surface area (Å²) in [6.07, 6.45) is 2.84. The van der Waals surface area contributed by atoms with Crippen LogP contribution >= 0.6 is 0 Å². The number of hydrogen-bond donors (Lipinski definition) is 0. The minimum atomic E-state index is -3.77. The van der Waals surface area contributed by atoms with Crippen LogP contribution in [0.4, 0.5) is 0 Å². The van der Waals surface area contributed by atoms with Gasteiger partial charge in [0.1, 0.15) is 0 Å². The van der Waals surface area contributed by atoms with Gasteiger partial charge in [-0.25, -0.2) is 4.89 Å². The van der Waals surface area contributed by atoms with Gasteiger partial charge in [0.15, 0.2) is 0 Å². The molecule has 5 heteroatoms. The SMILES string of the molecule is CCCCCOOS(=O)(=O)c1ccccc1.Cc1ccccc1. The highest BCUT2D eigenvalue weighted by Crippen LogP contribution is 2.11. The Morgan fingerprint density at radius 2 is 1.43 bits per heavy atom. The lowest BCUT2D eigenvalue weighted by Gasteiger charge is -2.04. The predicted octanol–water partition coefficient (Wildman–Crippen LogP) is 4.51. The second kappa shape index (κ2) is 10.9. The van der Waals surface area contributed by atoms with Crippen LogP contribution in [0.5, 0.6) is 0 Å². The van der Waals surface area contributed by atoms with Crippen LogP contribution in [0.1, 0.15) is 31.7 Å². The van der Waals surface area contributed by atoms with Crippen molar-refractivity contribution in [1.82, 2.24) is 0 Å². The summed E-state index contributed by atoms with van der Waals surface area (Å²) in [7, 11) is -3.77. The van der Waals surface area contributed by atoms with E-state index in [9.17, 15) is 8.42 Å². The van der Waals surface area contributed by atoms with Crippen LogP contribution in [-0.4, -0.2) is 15.0 Å². The summed E-state index contributed by atoms with van der Waals surface area (Å²) in [5.41, 5.74) is 1.32. The van der Waals surface area contributed by atoms with E-state index in [2.05, 4.69) is 35.2 Å². The van der Waals surface area contributed by atoms with Crippen molar-refractivity contribution in [1.29, 1.82) is 0 Å². The predicted molar refractivity (Wildman–Crippen MR) is 91.4 cm³/mol. The molecule has 126 valence electrons. The molecule has 0 amide bonds. The fraction of sp³-hybridized carbons (Fsp3) is 0.333. The first kappa shape index (κ1) is 19.4. The molecule has 0 spiro atoms. The Bertz CT molecular complexity index is 625. The molecular formula is C18H24O4S. The summed E-state index contributed by atoms with van der Waals surface area (Å²) in [6, 6.07) is 18.2. The third-order valence-corrected chi connectivity index (χ3v) is 4.07. The number of rotatable bonds is 7. The van der Waals surface area contributed by atoms with E-state index >= 15 is 0 Å². The highest BCUT2D eigenvalue weighted by Gasteiger charge is 2.15. The monoisotopic (exact) mass is 336 g/mol. The van der Waals surface area contributed by atoms with Crippen molar-refractivity contribution in [2.45, 2.75) is 38.0 Å². The fourth-order valence-corrected chi connectivity index (χ4v) is 2.43. The third-order valence-electron chi connectivity index (χ3n) is 2.94. The zero-order valence-electron chi connectivity index (χ0n) is 13.6. The molecule has 0 saturated heterocycles. The molecule has 0 radical (unpaired) electrons. The average molecular weight is 336 g/mol. The fourth-order valence-electron chi connectivity index (χ4n) is 1.67. The molecule has 0 aromatic heterocycles. The minimum absolute atomic E-state index is 0.102. The first-order chi connectivity index (χ1) is 11.1. The molecule has 23 heavy (non-hydrogen) atoms. The van der Waals surface area contributed by atoms with Crippen LogP contribution in [0.25, 0.3) is 0 Å². The van der Waals surface area contributed by atoms with E-state index in [1.807, 2.05) is 18.2 Å². The van der Waals surface area contributed by atoms with Gasteiger partial charge in [-0.15, -0.1) is 4.33 Å². The zero-order valence-corrected chi connectivity index (χ0v) is 14.5. The molecule has 0 bridgehead atoms. The first-order valence-corrected chi connectivity index (χ1v) is 9.10. The van der Waals surface area contributed by atoms with Gasteiger partial charge < -0.3 is 0 Å². The van der Waals surface area contributed by atoms with Gasteiger partial charge in [-0.05, 0) is 25.5 Å². The third kappa shape index (κ3) is 8.50. The molecule has 0 N–H and O–H groups in total. The quantitative estimate of drug-likeness (QED) is 0.424. The van der Waals surface area contributed by atoms with Crippen LogP contribution in [0.2, 0.25) is 0 Å². The number of hydrogen-bond acceptors (Lipinski definition) is 4.